The topological polar surface area (TPSA) is 75.5 Å². The Morgan fingerprint density at radius 1 is 1.26 bits per heavy atom. The predicted octanol–water partition coefficient (Wildman–Crippen LogP) is 0.279. The van der Waals surface area contributed by atoms with E-state index in [9.17, 15) is 14.4 Å². The Balaban J connectivity index is 1.66. The molecule has 1 fully saturated rings. The minimum absolute atomic E-state index is 0.0417. The molecule has 0 bridgehead atoms. The van der Waals surface area contributed by atoms with Crippen LogP contribution in [0.25, 0.3) is 0 Å². The molecule has 8 heteroatoms. The Bertz CT molecular complexity index is 694. The number of hydrogen-bond acceptors (Lipinski definition) is 5. The maximum atomic E-state index is 12.5. The summed E-state index contributed by atoms with van der Waals surface area (Å²) in [5.74, 6) is 0.788. The van der Waals surface area contributed by atoms with Crippen LogP contribution < -0.4 is 5.56 Å². The van der Waals surface area contributed by atoms with E-state index in [1.807, 2.05) is 0 Å². The molecule has 124 valence electrons. The SMILES string of the molecule is CC(=O)N1CCN(C(=O)C[C@@H]2CSc3ncc(C)c(=O)n32)CC1. The fourth-order valence-corrected chi connectivity index (χ4v) is 4.08. The molecular formula is C15H20N4O3S. The summed E-state index contributed by atoms with van der Waals surface area (Å²) >= 11 is 1.52. The van der Waals surface area contributed by atoms with Gasteiger partial charge in [-0.1, -0.05) is 11.8 Å². The first-order valence-electron chi connectivity index (χ1n) is 7.71. The van der Waals surface area contributed by atoms with Crippen molar-refractivity contribution in [1.29, 1.82) is 0 Å². The minimum atomic E-state index is -0.131. The van der Waals surface area contributed by atoms with Crippen molar-refractivity contribution < 1.29 is 9.59 Å². The lowest BCUT2D eigenvalue weighted by molar-refractivity contribution is -0.138. The van der Waals surface area contributed by atoms with Gasteiger partial charge in [-0.05, 0) is 6.92 Å². The maximum absolute atomic E-state index is 12.5. The molecule has 2 aliphatic heterocycles. The monoisotopic (exact) mass is 336 g/mol. The van der Waals surface area contributed by atoms with Gasteiger partial charge in [0.1, 0.15) is 0 Å². The molecule has 0 radical (unpaired) electrons. The lowest BCUT2D eigenvalue weighted by Gasteiger charge is -2.34. The number of aromatic nitrogens is 2. The van der Waals surface area contributed by atoms with Crippen molar-refractivity contribution >= 4 is 23.6 Å². The summed E-state index contributed by atoms with van der Waals surface area (Å²) in [5, 5.41) is 0.694. The minimum Gasteiger partial charge on any atom is -0.339 e. The summed E-state index contributed by atoms with van der Waals surface area (Å²) in [6.45, 7) is 5.57. The number of nitrogens with zero attached hydrogens (tertiary/aromatic N) is 4. The highest BCUT2D eigenvalue weighted by Gasteiger charge is 2.30. The Morgan fingerprint density at radius 3 is 2.57 bits per heavy atom. The van der Waals surface area contributed by atoms with Crippen molar-refractivity contribution in [3.63, 3.8) is 0 Å². The Hall–Kier alpha value is -1.83. The summed E-state index contributed by atoms with van der Waals surface area (Å²) < 4.78 is 1.66. The average molecular weight is 336 g/mol. The molecule has 0 aliphatic carbocycles. The van der Waals surface area contributed by atoms with Crippen LogP contribution in [0.3, 0.4) is 0 Å². The normalized spacial score (nSPS) is 20.5. The zero-order valence-corrected chi connectivity index (χ0v) is 14.1. The zero-order valence-electron chi connectivity index (χ0n) is 13.3. The highest BCUT2D eigenvalue weighted by atomic mass is 32.2. The standard InChI is InChI=1S/C15H20N4O3S/c1-10-8-16-15-19(14(10)22)12(9-23-15)7-13(21)18-5-3-17(4-6-18)11(2)20/h8,12H,3-7,9H2,1-2H3/t12-/m1/s1. The molecule has 1 aromatic rings. The Morgan fingerprint density at radius 2 is 1.91 bits per heavy atom. The number of rotatable bonds is 2. The molecule has 23 heavy (non-hydrogen) atoms. The van der Waals surface area contributed by atoms with Gasteiger partial charge >= 0.3 is 0 Å². The number of hydrogen-bond donors (Lipinski definition) is 0. The third-order valence-electron chi connectivity index (χ3n) is 4.39. The van der Waals surface area contributed by atoms with Crippen LogP contribution in [0, 0.1) is 6.92 Å². The molecule has 0 spiro atoms. The first-order valence-corrected chi connectivity index (χ1v) is 8.70. The van der Waals surface area contributed by atoms with Gasteiger partial charge < -0.3 is 9.80 Å². The van der Waals surface area contributed by atoms with Crippen LogP contribution in [0.2, 0.25) is 0 Å². The van der Waals surface area contributed by atoms with Gasteiger partial charge in [0.05, 0.1) is 6.04 Å². The first-order chi connectivity index (χ1) is 11.0. The maximum Gasteiger partial charge on any atom is 0.257 e. The van der Waals surface area contributed by atoms with Crippen LogP contribution in [-0.2, 0) is 9.59 Å². The number of thioether (sulfide) groups is 1. The fraction of sp³-hybridized carbons (Fsp3) is 0.600. The second-order valence-electron chi connectivity index (χ2n) is 5.95. The van der Waals surface area contributed by atoms with Crippen LogP contribution in [0.5, 0.6) is 0 Å². The molecule has 3 heterocycles. The fourth-order valence-electron chi connectivity index (χ4n) is 2.97. The molecule has 1 saturated heterocycles. The van der Waals surface area contributed by atoms with Crippen LogP contribution in [0.1, 0.15) is 24.9 Å². The molecular weight excluding hydrogens is 316 g/mol. The summed E-state index contributed by atoms with van der Waals surface area (Å²) in [6.07, 6.45) is 1.90. The van der Waals surface area contributed by atoms with Crippen molar-refractivity contribution in [3.8, 4) is 0 Å². The molecule has 0 aromatic carbocycles. The van der Waals surface area contributed by atoms with Gasteiger partial charge in [-0.15, -0.1) is 0 Å². The second-order valence-corrected chi connectivity index (χ2v) is 6.94. The molecule has 1 atom stereocenters. The molecule has 0 saturated carbocycles. The highest BCUT2D eigenvalue weighted by Crippen LogP contribution is 2.32. The third kappa shape index (κ3) is 3.12. The molecule has 0 N–H and O–H groups in total. The van der Waals surface area contributed by atoms with Crippen LogP contribution in [0.15, 0.2) is 16.1 Å². The molecule has 0 unspecified atom stereocenters. The summed E-state index contributed by atoms with van der Waals surface area (Å²) in [5.41, 5.74) is 0.544. The molecule has 7 nitrogen and oxygen atoms in total. The Labute approximate surface area is 138 Å². The second kappa shape index (κ2) is 6.35. The number of carbonyl (C=O) groups excluding carboxylic acids is 2. The first kappa shape index (κ1) is 16.0. The van der Waals surface area contributed by atoms with E-state index in [0.717, 1.165) is 0 Å². The number of fused-ring (bicyclic) bond motifs is 1. The number of amides is 2. The van der Waals surface area contributed by atoms with E-state index >= 15 is 0 Å². The number of aryl methyl sites for hydroxylation is 1. The van der Waals surface area contributed by atoms with E-state index < -0.39 is 0 Å². The summed E-state index contributed by atoms with van der Waals surface area (Å²) in [7, 11) is 0. The highest BCUT2D eigenvalue weighted by molar-refractivity contribution is 7.99. The molecule has 2 amide bonds. The van der Waals surface area contributed by atoms with Crippen molar-refractivity contribution in [1.82, 2.24) is 19.4 Å². The lowest BCUT2D eigenvalue weighted by atomic mass is 10.2. The quantitative estimate of drug-likeness (QED) is 0.725. The Kier molecular flexibility index (Phi) is 4.43. The molecule has 1 aromatic heterocycles. The van der Waals surface area contributed by atoms with E-state index in [2.05, 4.69) is 4.98 Å². The van der Waals surface area contributed by atoms with Crippen molar-refractivity contribution in [2.75, 3.05) is 31.9 Å². The number of carbonyl (C=O) groups is 2. The largest absolute Gasteiger partial charge is 0.339 e. The zero-order chi connectivity index (χ0) is 16.6. The smallest absolute Gasteiger partial charge is 0.257 e. The van der Waals surface area contributed by atoms with Gasteiger partial charge in [0.25, 0.3) is 5.56 Å². The van der Waals surface area contributed by atoms with Gasteiger partial charge in [-0.25, -0.2) is 4.98 Å². The van der Waals surface area contributed by atoms with E-state index in [1.165, 1.54) is 11.8 Å². The summed E-state index contributed by atoms with van der Waals surface area (Å²) in [6, 6.07) is -0.131. The number of piperazine rings is 1. The third-order valence-corrected chi connectivity index (χ3v) is 5.50. The van der Waals surface area contributed by atoms with Gasteiger partial charge in [-0.2, -0.15) is 0 Å². The average Bonchev–Trinajstić information content (AvgIpc) is 2.94. The van der Waals surface area contributed by atoms with Gasteiger partial charge in [0.15, 0.2) is 5.16 Å². The van der Waals surface area contributed by atoms with Crippen LogP contribution >= 0.6 is 11.8 Å². The van der Waals surface area contributed by atoms with Gasteiger partial charge in [0, 0.05) is 57.0 Å². The molecule has 3 rings (SSSR count). The van der Waals surface area contributed by atoms with Crippen molar-refractivity contribution in [3.05, 3.63) is 22.1 Å². The predicted molar refractivity (Wildman–Crippen MR) is 86.4 cm³/mol. The van der Waals surface area contributed by atoms with Crippen LogP contribution in [0.4, 0.5) is 0 Å². The van der Waals surface area contributed by atoms with E-state index in [4.69, 9.17) is 0 Å². The van der Waals surface area contributed by atoms with E-state index in [1.54, 1.807) is 34.4 Å². The van der Waals surface area contributed by atoms with Gasteiger partial charge in [-0.3, -0.25) is 19.0 Å². The van der Waals surface area contributed by atoms with Crippen molar-refractivity contribution in [2.24, 2.45) is 0 Å². The van der Waals surface area contributed by atoms with Crippen LogP contribution in [-0.4, -0.2) is 63.1 Å². The lowest BCUT2D eigenvalue weighted by Crippen LogP contribution is -2.50. The van der Waals surface area contributed by atoms with E-state index in [0.29, 0.717) is 49.1 Å². The summed E-state index contributed by atoms with van der Waals surface area (Å²) in [4.78, 5) is 44.0. The van der Waals surface area contributed by atoms with E-state index in [-0.39, 0.29) is 23.4 Å². The molecule has 2 aliphatic rings. The van der Waals surface area contributed by atoms with Crippen molar-refractivity contribution in [2.45, 2.75) is 31.5 Å². The van der Waals surface area contributed by atoms with Gasteiger partial charge in [0.2, 0.25) is 11.8 Å².